The van der Waals surface area contributed by atoms with Crippen molar-refractivity contribution in [3.05, 3.63) is 0 Å². The summed E-state index contributed by atoms with van der Waals surface area (Å²) in [6.07, 6.45) is 6.47. The number of carboxylic acids is 1. The van der Waals surface area contributed by atoms with Crippen LogP contribution in [0.2, 0.25) is 0 Å². The fourth-order valence-corrected chi connectivity index (χ4v) is 3.94. The van der Waals surface area contributed by atoms with E-state index >= 15 is 0 Å². The molecule has 0 heterocycles. The average Bonchev–Trinajstić information content (AvgIpc) is 2.86. The standard InChI is InChI=1S/C16H27NO4/c1-12-5-4-8-16(21,9-12)11-17-13(18)10-15(14(19)20)6-2-3-7-15/h12,21H,2-11H2,1H3,(H,17,18)(H,19,20). The Hall–Kier alpha value is -1.10. The average molecular weight is 297 g/mol. The van der Waals surface area contributed by atoms with Crippen LogP contribution in [0, 0.1) is 11.3 Å². The molecule has 2 unspecified atom stereocenters. The van der Waals surface area contributed by atoms with E-state index in [1.807, 2.05) is 0 Å². The van der Waals surface area contributed by atoms with Gasteiger partial charge in [0.1, 0.15) is 0 Å². The molecule has 0 aliphatic heterocycles. The maximum atomic E-state index is 12.1. The van der Waals surface area contributed by atoms with Crippen LogP contribution in [0.5, 0.6) is 0 Å². The fourth-order valence-electron chi connectivity index (χ4n) is 3.94. The summed E-state index contributed by atoms with van der Waals surface area (Å²) in [6, 6.07) is 0. The summed E-state index contributed by atoms with van der Waals surface area (Å²) >= 11 is 0. The van der Waals surface area contributed by atoms with E-state index in [0.717, 1.165) is 25.7 Å². The molecule has 5 nitrogen and oxygen atoms in total. The summed E-state index contributed by atoms with van der Waals surface area (Å²) in [6.45, 7) is 2.36. The van der Waals surface area contributed by atoms with E-state index in [4.69, 9.17) is 0 Å². The second-order valence-corrected chi connectivity index (χ2v) is 7.17. The van der Waals surface area contributed by atoms with Gasteiger partial charge in [0.05, 0.1) is 11.0 Å². The minimum absolute atomic E-state index is 0.0357. The zero-order valence-corrected chi connectivity index (χ0v) is 12.9. The van der Waals surface area contributed by atoms with Crippen LogP contribution in [0.4, 0.5) is 0 Å². The normalized spacial score (nSPS) is 31.8. The van der Waals surface area contributed by atoms with Crippen LogP contribution in [0.1, 0.15) is 64.7 Å². The number of carbonyl (C=O) groups is 2. The summed E-state index contributed by atoms with van der Waals surface area (Å²) in [5, 5.41) is 22.6. The maximum absolute atomic E-state index is 12.1. The Kier molecular flexibility index (Phi) is 4.91. The molecule has 2 aliphatic carbocycles. The van der Waals surface area contributed by atoms with E-state index in [2.05, 4.69) is 12.2 Å². The lowest BCUT2D eigenvalue weighted by molar-refractivity contribution is -0.151. The van der Waals surface area contributed by atoms with E-state index < -0.39 is 17.0 Å². The van der Waals surface area contributed by atoms with E-state index in [9.17, 15) is 19.8 Å². The molecule has 2 fully saturated rings. The van der Waals surface area contributed by atoms with Crippen molar-refractivity contribution in [1.82, 2.24) is 5.32 Å². The highest BCUT2D eigenvalue weighted by molar-refractivity contribution is 5.85. The number of rotatable bonds is 5. The predicted octanol–water partition coefficient (Wildman–Crippen LogP) is 2.08. The molecule has 0 aromatic heterocycles. The molecule has 21 heavy (non-hydrogen) atoms. The first-order valence-corrected chi connectivity index (χ1v) is 8.08. The molecule has 2 aliphatic rings. The first kappa shape index (κ1) is 16.3. The Morgan fingerprint density at radius 3 is 2.43 bits per heavy atom. The molecule has 0 saturated heterocycles. The van der Waals surface area contributed by atoms with Crippen molar-refractivity contribution < 1.29 is 19.8 Å². The summed E-state index contributed by atoms with van der Waals surface area (Å²) in [7, 11) is 0. The van der Waals surface area contributed by atoms with Crippen LogP contribution in [-0.2, 0) is 9.59 Å². The van der Waals surface area contributed by atoms with Gasteiger partial charge in [-0.3, -0.25) is 9.59 Å². The number of nitrogens with one attached hydrogen (secondary N) is 1. The molecule has 120 valence electrons. The third-order valence-electron chi connectivity index (χ3n) is 5.20. The van der Waals surface area contributed by atoms with E-state index in [1.165, 1.54) is 0 Å². The highest BCUT2D eigenvalue weighted by Crippen LogP contribution is 2.41. The third kappa shape index (κ3) is 3.96. The number of amides is 1. The summed E-state index contributed by atoms with van der Waals surface area (Å²) in [5.74, 6) is -0.632. The van der Waals surface area contributed by atoms with Crippen LogP contribution in [-0.4, -0.2) is 34.2 Å². The van der Waals surface area contributed by atoms with Gasteiger partial charge < -0.3 is 15.5 Å². The molecular formula is C16H27NO4. The second-order valence-electron chi connectivity index (χ2n) is 7.17. The maximum Gasteiger partial charge on any atom is 0.310 e. The number of aliphatic carboxylic acids is 1. The highest BCUT2D eigenvalue weighted by Gasteiger charge is 2.43. The fraction of sp³-hybridized carbons (Fsp3) is 0.875. The topological polar surface area (TPSA) is 86.6 Å². The van der Waals surface area contributed by atoms with Gasteiger partial charge in [-0.1, -0.05) is 32.6 Å². The van der Waals surface area contributed by atoms with Gasteiger partial charge >= 0.3 is 5.97 Å². The Bertz CT molecular complexity index is 403. The van der Waals surface area contributed by atoms with Gasteiger partial charge in [0, 0.05) is 13.0 Å². The van der Waals surface area contributed by atoms with Crippen molar-refractivity contribution in [2.75, 3.05) is 6.54 Å². The molecule has 2 rings (SSSR count). The molecule has 0 radical (unpaired) electrons. The quantitative estimate of drug-likeness (QED) is 0.725. The van der Waals surface area contributed by atoms with Gasteiger partial charge in [0.15, 0.2) is 0 Å². The van der Waals surface area contributed by atoms with Gasteiger partial charge in [0.25, 0.3) is 0 Å². The number of hydrogen-bond donors (Lipinski definition) is 3. The van der Waals surface area contributed by atoms with Gasteiger partial charge in [-0.25, -0.2) is 0 Å². The van der Waals surface area contributed by atoms with Crippen LogP contribution in [0.25, 0.3) is 0 Å². The van der Waals surface area contributed by atoms with Gasteiger partial charge in [-0.15, -0.1) is 0 Å². The molecule has 2 saturated carbocycles. The van der Waals surface area contributed by atoms with E-state index in [1.54, 1.807) is 0 Å². The first-order valence-electron chi connectivity index (χ1n) is 8.08. The summed E-state index contributed by atoms with van der Waals surface area (Å²) in [5.41, 5.74) is -1.70. The summed E-state index contributed by atoms with van der Waals surface area (Å²) in [4.78, 5) is 23.5. The molecule has 3 N–H and O–H groups in total. The molecule has 5 heteroatoms. The molecule has 0 spiro atoms. The second kappa shape index (κ2) is 6.34. The molecule has 1 amide bonds. The monoisotopic (exact) mass is 297 g/mol. The molecule has 0 aromatic carbocycles. The lowest BCUT2D eigenvalue weighted by atomic mass is 9.78. The van der Waals surface area contributed by atoms with Crippen LogP contribution in [0.15, 0.2) is 0 Å². The van der Waals surface area contributed by atoms with Gasteiger partial charge in [-0.05, 0) is 31.6 Å². The SMILES string of the molecule is CC1CCCC(O)(CNC(=O)CC2(C(=O)O)CCCC2)C1. The van der Waals surface area contributed by atoms with E-state index in [0.29, 0.717) is 31.6 Å². The lowest BCUT2D eigenvalue weighted by Crippen LogP contribution is -2.47. The largest absolute Gasteiger partial charge is 0.481 e. The number of carbonyl (C=O) groups excluding carboxylic acids is 1. The Morgan fingerprint density at radius 2 is 1.86 bits per heavy atom. The molecule has 0 aromatic rings. The Morgan fingerprint density at radius 1 is 1.19 bits per heavy atom. The molecular weight excluding hydrogens is 270 g/mol. The van der Waals surface area contributed by atoms with Crippen molar-refractivity contribution in [1.29, 1.82) is 0 Å². The number of aliphatic hydroxyl groups is 1. The Labute approximate surface area is 126 Å². The highest BCUT2D eigenvalue weighted by atomic mass is 16.4. The zero-order valence-electron chi connectivity index (χ0n) is 12.9. The summed E-state index contributed by atoms with van der Waals surface area (Å²) < 4.78 is 0. The van der Waals surface area contributed by atoms with E-state index in [-0.39, 0.29) is 18.9 Å². The van der Waals surface area contributed by atoms with Crippen LogP contribution >= 0.6 is 0 Å². The van der Waals surface area contributed by atoms with Crippen molar-refractivity contribution >= 4 is 11.9 Å². The molecule has 0 bridgehead atoms. The minimum Gasteiger partial charge on any atom is -0.481 e. The van der Waals surface area contributed by atoms with Crippen molar-refractivity contribution in [3.8, 4) is 0 Å². The first-order chi connectivity index (χ1) is 9.85. The number of carboxylic acid groups (broad SMARTS) is 1. The third-order valence-corrected chi connectivity index (χ3v) is 5.20. The minimum atomic E-state index is -0.882. The van der Waals surface area contributed by atoms with Gasteiger partial charge in [-0.2, -0.15) is 0 Å². The Balaban J connectivity index is 1.85. The lowest BCUT2D eigenvalue weighted by Gasteiger charge is -2.36. The van der Waals surface area contributed by atoms with Gasteiger partial charge in [0.2, 0.25) is 5.91 Å². The molecule has 2 atom stereocenters. The van der Waals surface area contributed by atoms with Crippen molar-refractivity contribution in [2.24, 2.45) is 11.3 Å². The van der Waals surface area contributed by atoms with Crippen LogP contribution in [0.3, 0.4) is 0 Å². The smallest absolute Gasteiger partial charge is 0.310 e. The van der Waals surface area contributed by atoms with Crippen LogP contribution < -0.4 is 5.32 Å². The zero-order chi connectivity index (χ0) is 15.5. The predicted molar refractivity (Wildman–Crippen MR) is 78.7 cm³/mol. The number of hydrogen-bond acceptors (Lipinski definition) is 3. The van der Waals surface area contributed by atoms with Crippen molar-refractivity contribution in [3.63, 3.8) is 0 Å². The van der Waals surface area contributed by atoms with Crippen molar-refractivity contribution in [2.45, 2.75) is 70.3 Å².